The molecule has 1 unspecified atom stereocenters. The van der Waals surface area contributed by atoms with Crippen LogP contribution in [0.3, 0.4) is 0 Å². The molecule has 1 aliphatic carbocycles. The Kier molecular flexibility index (Phi) is 4.26. The molecule has 1 aromatic rings. The summed E-state index contributed by atoms with van der Waals surface area (Å²) >= 11 is 1.56. The van der Waals surface area contributed by atoms with Crippen molar-refractivity contribution in [2.75, 3.05) is 19.6 Å². The maximum Gasteiger partial charge on any atom is 0.327 e. The lowest BCUT2D eigenvalue weighted by Crippen LogP contribution is -2.56. The van der Waals surface area contributed by atoms with E-state index < -0.39 is 12.0 Å². The summed E-state index contributed by atoms with van der Waals surface area (Å²) in [7, 11) is 0. The standard InChI is InChI=1S/C15H20N2O3S/c18-14(17-7-6-16-9-11(17)15(19)20)13-8-10-4-2-1-3-5-12(10)21-13/h8,11,16H,1-7,9H2,(H,19,20). The van der Waals surface area contributed by atoms with E-state index >= 15 is 0 Å². The van der Waals surface area contributed by atoms with Gasteiger partial charge in [-0.25, -0.2) is 4.79 Å². The minimum atomic E-state index is -0.936. The average molecular weight is 308 g/mol. The summed E-state index contributed by atoms with van der Waals surface area (Å²) in [5, 5.41) is 12.3. The molecule has 0 radical (unpaired) electrons. The van der Waals surface area contributed by atoms with E-state index in [4.69, 9.17) is 0 Å². The molecule has 1 amide bonds. The topological polar surface area (TPSA) is 69.6 Å². The van der Waals surface area contributed by atoms with Gasteiger partial charge in [-0.05, 0) is 37.3 Å². The quantitative estimate of drug-likeness (QED) is 0.813. The zero-order chi connectivity index (χ0) is 14.8. The Hall–Kier alpha value is -1.40. The monoisotopic (exact) mass is 308 g/mol. The number of hydrogen-bond donors (Lipinski definition) is 2. The Bertz CT molecular complexity index is 532. The third-order valence-electron chi connectivity index (χ3n) is 4.25. The van der Waals surface area contributed by atoms with Crippen LogP contribution in [0.15, 0.2) is 6.07 Å². The van der Waals surface area contributed by atoms with Gasteiger partial charge in [0.1, 0.15) is 6.04 Å². The second-order valence-electron chi connectivity index (χ2n) is 5.68. The Morgan fingerprint density at radius 3 is 2.90 bits per heavy atom. The van der Waals surface area contributed by atoms with E-state index in [2.05, 4.69) is 5.32 Å². The third-order valence-corrected chi connectivity index (χ3v) is 5.47. The van der Waals surface area contributed by atoms with Gasteiger partial charge in [0.15, 0.2) is 0 Å². The first-order valence-corrected chi connectivity index (χ1v) is 8.34. The number of nitrogens with zero attached hydrogens (tertiary/aromatic N) is 1. The number of carboxylic acid groups (broad SMARTS) is 1. The molecule has 114 valence electrons. The molecule has 0 saturated carbocycles. The Morgan fingerprint density at radius 2 is 2.10 bits per heavy atom. The molecule has 1 atom stereocenters. The zero-order valence-electron chi connectivity index (χ0n) is 11.9. The first-order chi connectivity index (χ1) is 10.2. The van der Waals surface area contributed by atoms with Crippen LogP contribution in [0.4, 0.5) is 0 Å². The highest BCUT2D eigenvalue weighted by Gasteiger charge is 2.33. The Labute approximate surface area is 128 Å². The number of fused-ring (bicyclic) bond motifs is 1. The molecule has 2 heterocycles. The van der Waals surface area contributed by atoms with Gasteiger partial charge in [0, 0.05) is 24.5 Å². The summed E-state index contributed by atoms with van der Waals surface area (Å²) in [6.45, 7) is 1.44. The summed E-state index contributed by atoms with van der Waals surface area (Å²) in [5.41, 5.74) is 1.29. The van der Waals surface area contributed by atoms with Gasteiger partial charge in [0.25, 0.3) is 5.91 Å². The van der Waals surface area contributed by atoms with E-state index in [0.717, 1.165) is 12.8 Å². The number of piperazine rings is 1. The number of hydrogen-bond acceptors (Lipinski definition) is 4. The maximum atomic E-state index is 12.7. The molecule has 1 saturated heterocycles. The van der Waals surface area contributed by atoms with Gasteiger partial charge in [0.05, 0.1) is 4.88 Å². The van der Waals surface area contributed by atoms with Crippen LogP contribution in [-0.2, 0) is 17.6 Å². The highest BCUT2D eigenvalue weighted by Crippen LogP contribution is 2.30. The normalized spacial score (nSPS) is 22.5. The fourth-order valence-electron chi connectivity index (χ4n) is 3.08. The second-order valence-corrected chi connectivity index (χ2v) is 6.81. The summed E-state index contributed by atoms with van der Waals surface area (Å²) in [4.78, 5) is 27.5. The van der Waals surface area contributed by atoms with E-state index in [-0.39, 0.29) is 5.91 Å². The molecular formula is C15H20N2O3S. The van der Waals surface area contributed by atoms with E-state index in [9.17, 15) is 14.7 Å². The van der Waals surface area contributed by atoms with Crippen LogP contribution in [0.5, 0.6) is 0 Å². The number of nitrogens with one attached hydrogen (secondary N) is 1. The van der Waals surface area contributed by atoms with Crippen molar-refractivity contribution >= 4 is 23.2 Å². The van der Waals surface area contributed by atoms with Crippen molar-refractivity contribution < 1.29 is 14.7 Å². The average Bonchev–Trinajstić information content (AvgIpc) is 2.77. The number of carbonyl (C=O) groups is 2. The van der Waals surface area contributed by atoms with Crippen molar-refractivity contribution in [3.63, 3.8) is 0 Å². The van der Waals surface area contributed by atoms with E-state index in [1.165, 1.54) is 34.6 Å². The Morgan fingerprint density at radius 1 is 1.29 bits per heavy atom. The molecule has 0 spiro atoms. The van der Waals surface area contributed by atoms with Crippen molar-refractivity contribution in [3.05, 3.63) is 21.4 Å². The number of rotatable bonds is 2. The Balaban J connectivity index is 1.82. The fraction of sp³-hybridized carbons (Fsp3) is 0.600. The smallest absolute Gasteiger partial charge is 0.327 e. The zero-order valence-corrected chi connectivity index (χ0v) is 12.7. The first kappa shape index (κ1) is 14.5. The number of thiophene rings is 1. The summed E-state index contributed by atoms with van der Waals surface area (Å²) in [5.74, 6) is -1.06. The lowest BCUT2D eigenvalue weighted by Gasteiger charge is -2.33. The SMILES string of the molecule is O=C(O)C1CNCCN1C(=O)c1cc2c(s1)CCCCC2. The van der Waals surface area contributed by atoms with Crippen LogP contribution < -0.4 is 5.32 Å². The molecule has 1 aliphatic heterocycles. The molecule has 5 nitrogen and oxygen atoms in total. The summed E-state index contributed by atoms with van der Waals surface area (Å²) < 4.78 is 0. The number of carboxylic acids is 1. The van der Waals surface area contributed by atoms with Gasteiger partial charge in [-0.15, -0.1) is 11.3 Å². The molecule has 2 aliphatic rings. The van der Waals surface area contributed by atoms with Crippen molar-refractivity contribution in [2.24, 2.45) is 0 Å². The number of aliphatic carboxylic acids is 1. The second kappa shape index (κ2) is 6.15. The molecule has 0 aromatic carbocycles. The molecule has 3 rings (SSSR count). The van der Waals surface area contributed by atoms with E-state index in [1.54, 1.807) is 11.3 Å². The van der Waals surface area contributed by atoms with E-state index in [0.29, 0.717) is 24.5 Å². The minimum absolute atomic E-state index is 0.123. The van der Waals surface area contributed by atoms with Crippen molar-refractivity contribution in [3.8, 4) is 0 Å². The van der Waals surface area contributed by atoms with Crippen LogP contribution in [0.1, 0.15) is 39.4 Å². The molecule has 1 fully saturated rings. The number of carbonyl (C=O) groups excluding carboxylic acids is 1. The molecule has 2 N–H and O–H groups in total. The lowest BCUT2D eigenvalue weighted by molar-refractivity contribution is -0.142. The molecular weight excluding hydrogens is 288 g/mol. The van der Waals surface area contributed by atoms with Crippen LogP contribution in [0, 0.1) is 0 Å². The minimum Gasteiger partial charge on any atom is -0.480 e. The van der Waals surface area contributed by atoms with Crippen LogP contribution in [0.25, 0.3) is 0 Å². The third kappa shape index (κ3) is 2.96. The molecule has 1 aromatic heterocycles. The van der Waals surface area contributed by atoms with Crippen LogP contribution in [-0.4, -0.2) is 47.6 Å². The van der Waals surface area contributed by atoms with E-state index in [1.807, 2.05) is 6.07 Å². The predicted molar refractivity (Wildman–Crippen MR) is 80.9 cm³/mol. The van der Waals surface area contributed by atoms with Crippen LogP contribution >= 0.6 is 11.3 Å². The van der Waals surface area contributed by atoms with Gasteiger partial charge in [0.2, 0.25) is 0 Å². The lowest BCUT2D eigenvalue weighted by atomic mass is 10.1. The first-order valence-electron chi connectivity index (χ1n) is 7.53. The number of aryl methyl sites for hydroxylation is 2. The summed E-state index contributed by atoms with van der Waals surface area (Å²) in [6, 6.07) is 1.24. The molecule has 6 heteroatoms. The van der Waals surface area contributed by atoms with Gasteiger partial charge >= 0.3 is 5.97 Å². The van der Waals surface area contributed by atoms with Crippen LogP contribution in [0.2, 0.25) is 0 Å². The fourth-order valence-corrected chi connectivity index (χ4v) is 4.29. The molecule has 0 bridgehead atoms. The highest BCUT2D eigenvalue weighted by molar-refractivity contribution is 7.14. The van der Waals surface area contributed by atoms with Gasteiger partial charge < -0.3 is 15.3 Å². The van der Waals surface area contributed by atoms with Gasteiger partial charge in [-0.1, -0.05) is 6.42 Å². The van der Waals surface area contributed by atoms with Gasteiger partial charge in [-0.3, -0.25) is 4.79 Å². The molecule has 21 heavy (non-hydrogen) atoms. The summed E-state index contributed by atoms with van der Waals surface area (Å²) in [6.07, 6.45) is 5.72. The predicted octanol–water partition coefficient (Wildman–Crippen LogP) is 1.52. The maximum absolute atomic E-state index is 12.7. The van der Waals surface area contributed by atoms with Gasteiger partial charge in [-0.2, -0.15) is 0 Å². The largest absolute Gasteiger partial charge is 0.480 e. The highest BCUT2D eigenvalue weighted by atomic mass is 32.1. The number of amides is 1. The van der Waals surface area contributed by atoms with Crippen molar-refractivity contribution in [2.45, 2.75) is 38.1 Å². The van der Waals surface area contributed by atoms with Crippen molar-refractivity contribution in [1.29, 1.82) is 0 Å². The van der Waals surface area contributed by atoms with Crippen molar-refractivity contribution in [1.82, 2.24) is 10.2 Å².